The van der Waals surface area contributed by atoms with E-state index in [1.165, 1.54) is 5.56 Å². The Bertz CT molecular complexity index is 653. The fraction of sp³-hybridized carbons (Fsp3) is 0.154. The fourth-order valence-corrected chi connectivity index (χ4v) is 1.98. The predicted molar refractivity (Wildman–Crippen MR) is 66.7 cm³/mol. The summed E-state index contributed by atoms with van der Waals surface area (Å²) < 4.78 is 7.06. The van der Waals surface area contributed by atoms with Crippen molar-refractivity contribution in [1.29, 1.82) is 0 Å². The Morgan fingerprint density at radius 2 is 2.24 bits per heavy atom. The third-order valence-electron chi connectivity index (χ3n) is 2.85. The average molecular weight is 227 g/mol. The van der Waals surface area contributed by atoms with Gasteiger partial charge in [-0.2, -0.15) is 0 Å². The molecule has 0 aliphatic rings. The van der Waals surface area contributed by atoms with E-state index in [-0.39, 0.29) is 0 Å². The van der Waals surface area contributed by atoms with Gasteiger partial charge in [0.15, 0.2) is 0 Å². The number of benzene rings is 1. The molecular weight excluding hydrogens is 214 g/mol. The zero-order chi connectivity index (χ0) is 11.8. The average Bonchev–Trinajstić information content (AvgIpc) is 2.90. The number of rotatable bonds is 2. The molecule has 2 aromatic heterocycles. The summed E-state index contributed by atoms with van der Waals surface area (Å²) in [5.74, 6) is 0.534. The first kappa shape index (κ1) is 9.96. The number of nitrogen functional groups attached to an aromatic ring is 1. The van der Waals surface area contributed by atoms with Crippen molar-refractivity contribution >= 4 is 17.0 Å². The molecule has 1 aromatic carbocycles. The molecule has 4 nitrogen and oxygen atoms in total. The molecule has 0 aliphatic carbocycles. The lowest BCUT2D eigenvalue weighted by molar-refractivity contribution is 0.562. The van der Waals surface area contributed by atoms with E-state index in [1.807, 2.05) is 22.8 Å². The van der Waals surface area contributed by atoms with E-state index in [0.29, 0.717) is 12.5 Å². The lowest BCUT2D eigenvalue weighted by Crippen LogP contribution is -2.03. The number of nitrogens with two attached hydrogens (primary N) is 1. The van der Waals surface area contributed by atoms with E-state index in [9.17, 15) is 0 Å². The molecule has 2 heterocycles. The molecule has 0 saturated carbocycles. The zero-order valence-corrected chi connectivity index (χ0v) is 9.55. The number of furan rings is 1. The number of fused-ring (bicyclic) bond motifs is 1. The van der Waals surface area contributed by atoms with Gasteiger partial charge in [-0.15, -0.1) is 0 Å². The highest BCUT2D eigenvalue weighted by Gasteiger charge is 2.08. The Labute approximate surface area is 98.7 Å². The van der Waals surface area contributed by atoms with Crippen molar-refractivity contribution in [2.75, 3.05) is 5.73 Å². The third kappa shape index (κ3) is 1.67. The maximum atomic E-state index is 5.94. The van der Waals surface area contributed by atoms with Gasteiger partial charge in [0.1, 0.15) is 0 Å². The topological polar surface area (TPSA) is 57.0 Å². The van der Waals surface area contributed by atoms with Gasteiger partial charge in [0.05, 0.1) is 30.1 Å². The minimum absolute atomic E-state index is 0.534. The Hall–Kier alpha value is -2.23. The van der Waals surface area contributed by atoms with Crippen LogP contribution in [-0.2, 0) is 6.54 Å². The molecule has 4 heteroatoms. The first-order valence-electron chi connectivity index (χ1n) is 5.47. The number of anilines is 1. The van der Waals surface area contributed by atoms with Gasteiger partial charge >= 0.3 is 0 Å². The van der Waals surface area contributed by atoms with E-state index in [2.05, 4.69) is 18.0 Å². The molecule has 0 saturated heterocycles. The molecule has 0 unspecified atom stereocenters. The maximum absolute atomic E-state index is 5.94. The normalized spacial score (nSPS) is 11.1. The second-order valence-electron chi connectivity index (χ2n) is 4.18. The summed E-state index contributed by atoms with van der Waals surface area (Å²) in [7, 11) is 0. The number of imidazole rings is 1. The summed E-state index contributed by atoms with van der Waals surface area (Å²) in [4.78, 5) is 4.34. The van der Waals surface area contributed by atoms with Crippen LogP contribution in [0.15, 0.2) is 41.2 Å². The highest BCUT2D eigenvalue weighted by Crippen LogP contribution is 2.20. The Morgan fingerprint density at radius 3 is 3.00 bits per heavy atom. The largest absolute Gasteiger partial charge is 0.472 e. The first-order valence-corrected chi connectivity index (χ1v) is 5.47. The standard InChI is InChI=1S/C13H13N3O/c1-9-2-3-11-12(6-9)16(13(14)15-11)7-10-4-5-17-8-10/h2-6,8H,7H2,1H3,(H2,14,15). The van der Waals surface area contributed by atoms with E-state index >= 15 is 0 Å². The van der Waals surface area contributed by atoms with Crippen molar-refractivity contribution in [1.82, 2.24) is 9.55 Å². The molecule has 0 atom stereocenters. The second kappa shape index (κ2) is 3.66. The predicted octanol–water partition coefficient (Wildman–Crippen LogP) is 2.57. The van der Waals surface area contributed by atoms with Crippen LogP contribution in [0.5, 0.6) is 0 Å². The lowest BCUT2D eigenvalue weighted by atomic mass is 10.2. The fourth-order valence-electron chi connectivity index (χ4n) is 1.98. The molecule has 0 fully saturated rings. The number of nitrogens with zero attached hydrogens (tertiary/aromatic N) is 2. The van der Waals surface area contributed by atoms with Gasteiger partial charge in [-0.1, -0.05) is 6.07 Å². The van der Waals surface area contributed by atoms with Gasteiger partial charge in [0, 0.05) is 5.56 Å². The van der Waals surface area contributed by atoms with Crippen molar-refractivity contribution in [3.05, 3.63) is 47.9 Å². The van der Waals surface area contributed by atoms with Crippen LogP contribution >= 0.6 is 0 Å². The maximum Gasteiger partial charge on any atom is 0.201 e. The van der Waals surface area contributed by atoms with E-state index in [4.69, 9.17) is 10.2 Å². The Kier molecular flexibility index (Phi) is 2.14. The molecule has 0 radical (unpaired) electrons. The highest BCUT2D eigenvalue weighted by molar-refractivity contribution is 5.79. The molecule has 0 aliphatic heterocycles. The van der Waals surface area contributed by atoms with Crippen LogP contribution in [0.25, 0.3) is 11.0 Å². The van der Waals surface area contributed by atoms with Crippen LogP contribution in [0.1, 0.15) is 11.1 Å². The molecule has 0 amide bonds. The van der Waals surface area contributed by atoms with Crippen LogP contribution in [0.4, 0.5) is 5.95 Å². The van der Waals surface area contributed by atoms with E-state index in [0.717, 1.165) is 16.6 Å². The van der Waals surface area contributed by atoms with Crippen LogP contribution in [0.3, 0.4) is 0 Å². The molecule has 0 bridgehead atoms. The third-order valence-corrected chi connectivity index (χ3v) is 2.85. The molecule has 17 heavy (non-hydrogen) atoms. The minimum atomic E-state index is 0.534. The number of aromatic nitrogens is 2. The Morgan fingerprint density at radius 1 is 1.35 bits per heavy atom. The van der Waals surface area contributed by atoms with Crippen LogP contribution in [-0.4, -0.2) is 9.55 Å². The van der Waals surface area contributed by atoms with Gasteiger partial charge in [-0.05, 0) is 30.7 Å². The van der Waals surface area contributed by atoms with Crippen LogP contribution in [0, 0.1) is 6.92 Å². The monoisotopic (exact) mass is 227 g/mol. The highest BCUT2D eigenvalue weighted by atomic mass is 16.3. The molecule has 0 spiro atoms. The SMILES string of the molecule is Cc1ccc2nc(N)n(Cc3ccoc3)c2c1. The number of aryl methyl sites for hydroxylation is 1. The summed E-state index contributed by atoms with van der Waals surface area (Å²) in [6, 6.07) is 8.06. The smallest absolute Gasteiger partial charge is 0.201 e. The molecule has 2 N–H and O–H groups in total. The zero-order valence-electron chi connectivity index (χ0n) is 9.55. The van der Waals surface area contributed by atoms with Gasteiger partial charge < -0.3 is 14.7 Å². The summed E-state index contributed by atoms with van der Waals surface area (Å²) >= 11 is 0. The summed E-state index contributed by atoms with van der Waals surface area (Å²) in [6.45, 7) is 2.74. The van der Waals surface area contributed by atoms with Crippen molar-refractivity contribution in [3.8, 4) is 0 Å². The van der Waals surface area contributed by atoms with Crippen LogP contribution < -0.4 is 5.73 Å². The lowest BCUT2D eigenvalue weighted by Gasteiger charge is -2.04. The van der Waals surface area contributed by atoms with Gasteiger partial charge in [-0.3, -0.25) is 0 Å². The quantitative estimate of drug-likeness (QED) is 0.732. The van der Waals surface area contributed by atoms with E-state index in [1.54, 1.807) is 12.5 Å². The molecule has 86 valence electrons. The second-order valence-corrected chi connectivity index (χ2v) is 4.18. The summed E-state index contributed by atoms with van der Waals surface area (Å²) in [6.07, 6.45) is 3.39. The molecule has 3 aromatic rings. The summed E-state index contributed by atoms with van der Waals surface area (Å²) in [5, 5.41) is 0. The van der Waals surface area contributed by atoms with Crippen molar-refractivity contribution in [2.45, 2.75) is 13.5 Å². The van der Waals surface area contributed by atoms with Gasteiger partial charge in [0.2, 0.25) is 5.95 Å². The number of hydrogen-bond acceptors (Lipinski definition) is 3. The van der Waals surface area contributed by atoms with Gasteiger partial charge in [0.25, 0.3) is 0 Å². The van der Waals surface area contributed by atoms with Crippen molar-refractivity contribution < 1.29 is 4.42 Å². The first-order chi connectivity index (χ1) is 8.24. The number of hydrogen-bond donors (Lipinski definition) is 1. The van der Waals surface area contributed by atoms with Crippen LogP contribution in [0.2, 0.25) is 0 Å². The molecular formula is C13H13N3O. The summed E-state index contributed by atoms with van der Waals surface area (Å²) in [5.41, 5.74) is 10.2. The van der Waals surface area contributed by atoms with Crippen molar-refractivity contribution in [3.63, 3.8) is 0 Å². The van der Waals surface area contributed by atoms with E-state index < -0.39 is 0 Å². The Balaban J connectivity index is 2.14. The minimum Gasteiger partial charge on any atom is -0.472 e. The molecule has 3 rings (SSSR count). The van der Waals surface area contributed by atoms with Gasteiger partial charge in [-0.25, -0.2) is 4.98 Å². The van der Waals surface area contributed by atoms with Crippen molar-refractivity contribution in [2.24, 2.45) is 0 Å².